The summed E-state index contributed by atoms with van der Waals surface area (Å²) in [6.07, 6.45) is 15.1. The van der Waals surface area contributed by atoms with E-state index in [-0.39, 0.29) is 58.6 Å². The van der Waals surface area contributed by atoms with Gasteiger partial charge in [0.05, 0.1) is 17.6 Å². The molecule has 11 rings (SSSR count). The number of piperidine rings is 1. The molecule has 4 aliphatic heterocycles. The summed E-state index contributed by atoms with van der Waals surface area (Å²) in [5.41, 5.74) is 7.80. The van der Waals surface area contributed by atoms with Gasteiger partial charge in [0, 0.05) is 119 Å². The van der Waals surface area contributed by atoms with Gasteiger partial charge in [0.2, 0.25) is 5.91 Å². The number of rotatable bonds is 17. The maximum atomic E-state index is 18.0. The average Bonchev–Trinajstić information content (AvgIpc) is 1.25. The molecular weight excluding hydrogens is 1100 g/mol. The molecule has 86 heavy (non-hydrogen) atoms. The Balaban J connectivity index is 0.746. The quantitative estimate of drug-likeness (QED) is 0.0537. The van der Waals surface area contributed by atoms with Crippen molar-refractivity contribution in [3.63, 3.8) is 0 Å². The Bertz CT molecular complexity index is 3360. The number of nitrogens with one attached hydrogen (secondary N) is 1. The van der Waals surface area contributed by atoms with Gasteiger partial charge in [-0.05, 0) is 140 Å². The van der Waals surface area contributed by atoms with Crippen molar-refractivity contribution in [2.24, 2.45) is 16.7 Å². The molecule has 5 aromatic rings. The van der Waals surface area contributed by atoms with E-state index in [2.05, 4.69) is 73.0 Å². The highest BCUT2D eigenvalue weighted by atomic mass is 28.3. The maximum absolute atomic E-state index is 18.0. The second-order valence-corrected chi connectivity index (χ2v) is 32.5. The Morgan fingerprint density at radius 3 is 2.16 bits per heavy atom. The number of nitrogens with zero attached hydrogens (tertiary/aromatic N) is 8. The summed E-state index contributed by atoms with van der Waals surface area (Å²) in [4.78, 5) is 64.1. The van der Waals surface area contributed by atoms with Crippen LogP contribution in [0.5, 0.6) is 11.8 Å². The highest BCUT2D eigenvalue weighted by Crippen LogP contribution is 2.49. The zero-order valence-corrected chi connectivity index (χ0v) is 53.1. The van der Waals surface area contributed by atoms with Gasteiger partial charge in [-0.1, -0.05) is 72.4 Å². The number of hydrogen-bond donors (Lipinski definition) is 1. The number of fused-ring (bicyclic) bond motifs is 2. The van der Waals surface area contributed by atoms with E-state index in [0.29, 0.717) is 80.2 Å². The molecule has 2 aliphatic carbocycles. The number of amides is 4. The van der Waals surface area contributed by atoms with Crippen LogP contribution in [0.25, 0.3) is 32.9 Å². The normalized spacial score (nSPS) is 19.8. The number of urea groups is 1. The van der Waals surface area contributed by atoms with Gasteiger partial charge in [0.25, 0.3) is 5.91 Å². The van der Waals surface area contributed by atoms with E-state index >= 15 is 8.78 Å². The van der Waals surface area contributed by atoms with Crippen molar-refractivity contribution in [1.82, 2.24) is 35.0 Å². The fourth-order valence-corrected chi connectivity index (χ4v) is 20.4. The molecule has 3 aromatic carbocycles. The van der Waals surface area contributed by atoms with Crippen LogP contribution in [0.15, 0.2) is 48.7 Å². The summed E-state index contributed by atoms with van der Waals surface area (Å²) in [5, 5.41) is 4.02. The molecule has 4 saturated heterocycles. The summed E-state index contributed by atoms with van der Waals surface area (Å²) < 4.78 is 52.4. The molecule has 0 bridgehead atoms. The first-order valence-corrected chi connectivity index (χ1v) is 34.2. The van der Waals surface area contributed by atoms with Crippen molar-refractivity contribution < 1.29 is 37.4 Å². The lowest BCUT2D eigenvalue weighted by atomic mass is 9.65. The number of ether oxygens (including phenoxy) is 3. The first-order chi connectivity index (χ1) is 41.4. The van der Waals surface area contributed by atoms with Gasteiger partial charge in [-0.3, -0.25) is 24.8 Å². The molecule has 2 saturated carbocycles. The number of imide groups is 1. The van der Waals surface area contributed by atoms with Crippen molar-refractivity contribution >= 4 is 59.1 Å². The maximum Gasteiger partial charge on any atom is 0.328 e. The van der Waals surface area contributed by atoms with Crippen LogP contribution in [0.4, 0.5) is 25.1 Å². The van der Waals surface area contributed by atoms with Crippen molar-refractivity contribution in [2.45, 2.75) is 149 Å². The molecule has 4 amide bonds. The Morgan fingerprint density at radius 1 is 0.802 bits per heavy atom. The molecule has 2 aromatic heterocycles. The minimum atomic E-state index is -2.31. The van der Waals surface area contributed by atoms with Crippen LogP contribution < -0.4 is 24.6 Å². The minimum Gasteiger partial charge on any atom is -0.468 e. The molecule has 1 N–H and O–H groups in total. The van der Waals surface area contributed by atoms with E-state index in [9.17, 15) is 14.4 Å². The van der Waals surface area contributed by atoms with Gasteiger partial charge in [-0.25, -0.2) is 13.6 Å². The smallest absolute Gasteiger partial charge is 0.328 e. The van der Waals surface area contributed by atoms with Crippen LogP contribution in [0.3, 0.4) is 0 Å². The van der Waals surface area contributed by atoms with Crippen LogP contribution in [0.2, 0.25) is 16.6 Å². The Hall–Kier alpha value is -6.26. The van der Waals surface area contributed by atoms with Crippen LogP contribution in [0.1, 0.15) is 146 Å². The number of hydrogen-bond acceptors (Lipinski definition) is 12. The molecule has 18 heteroatoms. The van der Waals surface area contributed by atoms with E-state index in [1.165, 1.54) is 31.7 Å². The number of piperazine rings is 1. The minimum absolute atomic E-state index is 0.00414. The zero-order valence-electron chi connectivity index (χ0n) is 52.1. The number of carbonyl (C=O) groups excluding carboxylic acids is 3. The van der Waals surface area contributed by atoms with Gasteiger partial charge >= 0.3 is 12.0 Å². The van der Waals surface area contributed by atoms with Crippen molar-refractivity contribution in [3.8, 4) is 34.5 Å². The van der Waals surface area contributed by atoms with Gasteiger partial charge in [0.15, 0.2) is 12.6 Å². The van der Waals surface area contributed by atoms with Gasteiger partial charge in [0.1, 0.15) is 36.7 Å². The first-order valence-electron chi connectivity index (χ1n) is 32.0. The van der Waals surface area contributed by atoms with Crippen LogP contribution >= 0.6 is 0 Å². The fourth-order valence-electron chi connectivity index (χ4n) is 15.2. The monoisotopic (exact) mass is 1190 g/mol. The number of benzene rings is 3. The second-order valence-electron chi connectivity index (χ2n) is 27.0. The van der Waals surface area contributed by atoms with Crippen molar-refractivity contribution in [2.75, 3.05) is 102 Å². The third-order valence-corrected chi connectivity index (χ3v) is 26.8. The topological polar surface area (TPSA) is 146 Å². The number of aromatic nitrogens is 3. The lowest BCUT2D eigenvalue weighted by Gasteiger charge is -2.47. The average molecular weight is 1190 g/mol. The summed E-state index contributed by atoms with van der Waals surface area (Å²) >= 11 is 0. The number of carbonyl (C=O) groups is 3. The predicted octanol–water partition coefficient (Wildman–Crippen LogP) is 12.7. The zero-order chi connectivity index (χ0) is 60.5. The molecule has 15 nitrogen and oxygen atoms in total. The number of anilines is 2. The summed E-state index contributed by atoms with van der Waals surface area (Å²) in [5.74, 6) is 3.72. The fraction of sp³-hybridized carbons (Fsp3) is 0.588. The second kappa shape index (κ2) is 25.8. The molecule has 0 radical (unpaired) electrons. The number of aryl methyl sites for hydroxylation is 1. The molecule has 6 aliphatic rings. The standard InChI is InChI=1S/C68H89F2N9O6Si/c1-45(2)86(46(3)4,47(5)6)36-20-53-56(69)16-15-50-37-52(85-44-83-8)39-54(59(50)53)61-60(70)62-55(40-71-61)63(77-27-11-9-10-12-28-77)74-65(73-62)84-43-68(23-24-68)42-76-34-32-75(33-35-76)41-49-17-21-67(22-18-49)25-30-78(31-26-67)64(81)51-14-13-48(7)57(38-51)79-29-19-58(80)72-66(79)82/h13-16,37-40,45-47,49H,9-12,17-19,21-35,41-44H2,1-8H3,(H,72,80,82). The lowest BCUT2D eigenvalue weighted by Crippen LogP contribution is -2.50. The summed E-state index contributed by atoms with van der Waals surface area (Å²) in [6.45, 7) is 25.2. The van der Waals surface area contributed by atoms with Crippen LogP contribution in [-0.2, 0) is 9.53 Å². The Labute approximate surface area is 508 Å². The van der Waals surface area contributed by atoms with E-state index < -0.39 is 25.7 Å². The van der Waals surface area contributed by atoms with E-state index in [4.69, 9.17) is 29.2 Å². The van der Waals surface area contributed by atoms with Crippen LogP contribution in [0, 0.1) is 46.8 Å². The molecular formula is C68H89F2N9O6Si. The lowest BCUT2D eigenvalue weighted by molar-refractivity contribution is -0.120. The van der Waals surface area contributed by atoms with Gasteiger partial charge in [-0.2, -0.15) is 9.97 Å². The van der Waals surface area contributed by atoms with E-state index in [1.54, 1.807) is 30.3 Å². The number of pyridine rings is 1. The van der Waals surface area contributed by atoms with Crippen LogP contribution in [-0.4, -0.2) is 148 Å². The first kappa shape index (κ1) is 61.4. The van der Waals surface area contributed by atoms with Gasteiger partial charge < -0.3 is 33.8 Å². The Morgan fingerprint density at radius 2 is 1.50 bits per heavy atom. The summed E-state index contributed by atoms with van der Waals surface area (Å²) in [6, 6.07) is 11.9. The van der Waals surface area contributed by atoms with Crippen molar-refractivity contribution in [1.29, 1.82) is 0 Å². The highest BCUT2D eigenvalue weighted by molar-refractivity contribution is 6.90. The third-order valence-electron chi connectivity index (χ3n) is 20.5. The molecule has 1 spiro atoms. The highest BCUT2D eigenvalue weighted by Gasteiger charge is 2.46. The van der Waals surface area contributed by atoms with Gasteiger partial charge in [-0.15, -0.1) is 5.54 Å². The molecule has 0 atom stereocenters. The summed E-state index contributed by atoms with van der Waals surface area (Å²) in [7, 11) is -0.762. The largest absolute Gasteiger partial charge is 0.468 e. The predicted molar refractivity (Wildman–Crippen MR) is 338 cm³/mol. The van der Waals surface area contributed by atoms with E-state index in [0.717, 1.165) is 122 Å². The number of methoxy groups -OCH3 is 1. The third kappa shape index (κ3) is 12.9. The molecule has 6 heterocycles. The molecule has 0 unspecified atom stereocenters. The Kier molecular flexibility index (Phi) is 18.4. The number of halogens is 2. The number of likely N-dealkylation sites (tertiary alicyclic amines) is 1. The van der Waals surface area contributed by atoms with Crippen molar-refractivity contribution in [3.05, 3.63) is 77.0 Å². The molecule has 460 valence electrons. The molecule has 6 fully saturated rings. The SMILES string of the molecule is COCOc1cc(-c2ncc3c(N4CCCCCC4)nc(OCC4(CN5CCN(CC6CCC7(CC6)CCN(C(=O)c6ccc(C)c(N8CCC(=O)NC8=O)c6)CC7)CC5)CC4)nc3c2F)c2c(C#C[Si](C(C)C)(C(C)C)C(C)C)c(F)ccc2c1. The van der Waals surface area contributed by atoms with E-state index in [1.807, 2.05) is 36.1 Å².